The topological polar surface area (TPSA) is 30.7 Å². The molecule has 0 radical (unpaired) electrons. The van der Waals surface area contributed by atoms with E-state index in [0.29, 0.717) is 16.0 Å². The average molecular weight is 384 g/mol. The van der Waals surface area contributed by atoms with Crippen LogP contribution in [0.5, 0.6) is 0 Å². The molecule has 0 aliphatic heterocycles. The maximum atomic E-state index is 12.4. The zero-order valence-corrected chi connectivity index (χ0v) is 14.4. The zero-order chi connectivity index (χ0) is 17.9. The summed E-state index contributed by atoms with van der Waals surface area (Å²) in [4.78, 5) is 0. The van der Waals surface area contributed by atoms with Crippen LogP contribution >= 0.6 is 23.4 Å². The molecule has 0 saturated carbocycles. The molecular formula is C17H13ClF3N3S. The minimum absolute atomic E-state index is 0.116. The number of hydrogen-bond donors (Lipinski definition) is 0. The highest BCUT2D eigenvalue weighted by Crippen LogP contribution is 2.30. The van der Waals surface area contributed by atoms with Crippen LogP contribution in [0.2, 0.25) is 5.02 Å². The molecule has 2 aromatic carbocycles. The summed E-state index contributed by atoms with van der Waals surface area (Å²) in [7, 11) is 0. The van der Waals surface area contributed by atoms with Gasteiger partial charge in [-0.15, -0.1) is 10.2 Å². The molecule has 3 aromatic rings. The molecule has 0 spiro atoms. The van der Waals surface area contributed by atoms with E-state index in [0.717, 1.165) is 23.0 Å². The lowest BCUT2D eigenvalue weighted by Crippen LogP contribution is -2.08. The molecule has 3 rings (SSSR count). The van der Waals surface area contributed by atoms with Crippen LogP contribution in [0.25, 0.3) is 17.1 Å². The fourth-order valence-corrected chi connectivity index (χ4v) is 3.28. The van der Waals surface area contributed by atoms with Crippen LogP contribution in [0.3, 0.4) is 0 Å². The van der Waals surface area contributed by atoms with Gasteiger partial charge < -0.3 is 0 Å². The first kappa shape index (κ1) is 17.8. The molecule has 25 heavy (non-hydrogen) atoms. The highest BCUT2D eigenvalue weighted by molar-refractivity contribution is 7.99. The molecular weight excluding hydrogens is 371 g/mol. The predicted octanol–water partition coefficient (Wildman–Crippen LogP) is 5.63. The predicted molar refractivity (Wildman–Crippen MR) is 93.2 cm³/mol. The molecule has 3 nitrogen and oxygen atoms in total. The molecule has 0 fully saturated rings. The van der Waals surface area contributed by atoms with Crippen molar-refractivity contribution in [2.75, 3.05) is 5.75 Å². The first-order valence-electron chi connectivity index (χ1n) is 7.40. The Balaban J connectivity index is 1.97. The number of hydrogen-bond acceptors (Lipinski definition) is 3. The van der Waals surface area contributed by atoms with Gasteiger partial charge in [-0.2, -0.15) is 13.2 Å². The molecule has 0 bridgehead atoms. The SMILES string of the molecule is FC(F)(F)CCSc1nnc(-c2ccc(Cl)cc2)n1-c1ccccc1. The normalized spacial score (nSPS) is 11.7. The van der Waals surface area contributed by atoms with E-state index in [1.807, 2.05) is 30.3 Å². The maximum absolute atomic E-state index is 12.4. The minimum Gasteiger partial charge on any atom is -0.270 e. The summed E-state index contributed by atoms with van der Waals surface area (Å²) in [5.41, 5.74) is 1.57. The second-order valence-electron chi connectivity index (χ2n) is 5.20. The smallest absolute Gasteiger partial charge is 0.270 e. The van der Waals surface area contributed by atoms with Crippen LogP contribution in [0.15, 0.2) is 59.8 Å². The first-order chi connectivity index (χ1) is 11.9. The van der Waals surface area contributed by atoms with Gasteiger partial charge in [-0.3, -0.25) is 4.57 Å². The van der Waals surface area contributed by atoms with Gasteiger partial charge in [0.1, 0.15) is 0 Å². The van der Waals surface area contributed by atoms with Crippen molar-refractivity contribution in [2.45, 2.75) is 17.8 Å². The van der Waals surface area contributed by atoms with E-state index in [4.69, 9.17) is 11.6 Å². The molecule has 8 heteroatoms. The number of rotatable bonds is 5. The molecule has 0 amide bonds. The van der Waals surface area contributed by atoms with Crippen molar-refractivity contribution in [3.8, 4) is 17.1 Å². The van der Waals surface area contributed by atoms with E-state index < -0.39 is 12.6 Å². The van der Waals surface area contributed by atoms with Crippen molar-refractivity contribution in [3.05, 3.63) is 59.6 Å². The maximum Gasteiger partial charge on any atom is 0.389 e. The van der Waals surface area contributed by atoms with Gasteiger partial charge in [0.2, 0.25) is 0 Å². The molecule has 0 aliphatic carbocycles. The summed E-state index contributed by atoms with van der Waals surface area (Å²) in [5, 5.41) is 9.27. The van der Waals surface area contributed by atoms with E-state index in [1.165, 1.54) is 0 Å². The molecule has 0 N–H and O–H groups in total. The van der Waals surface area contributed by atoms with Gasteiger partial charge >= 0.3 is 6.18 Å². The second kappa shape index (κ2) is 7.49. The van der Waals surface area contributed by atoms with Crippen LogP contribution in [-0.4, -0.2) is 26.7 Å². The Morgan fingerprint density at radius 3 is 2.28 bits per heavy atom. The van der Waals surface area contributed by atoms with Crippen LogP contribution < -0.4 is 0 Å². The van der Waals surface area contributed by atoms with Crippen molar-refractivity contribution in [3.63, 3.8) is 0 Å². The Hall–Kier alpha value is -1.99. The first-order valence-corrected chi connectivity index (χ1v) is 8.77. The lowest BCUT2D eigenvalue weighted by molar-refractivity contribution is -0.129. The molecule has 1 heterocycles. The van der Waals surface area contributed by atoms with Gasteiger partial charge in [-0.1, -0.05) is 41.6 Å². The third-order valence-corrected chi connectivity index (χ3v) is 4.55. The highest BCUT2D eigenvalue weighted by Gasteiger charge is 2.27. The standard InChI is InChI=1S/C17H13ClF3N3S/c18-13-8-6-12(7-9-13)15-22-23-16(25-11-10-17(19,20)21)24(15)14-4-2-1-3-5-14/h1-9H,10-11H2. The van der Waals surface area contributed by atoms with Crippen molar-refractivity contribution in [2.24, 2.45) is 0 Å². The quantitative estimate of drug-likeness (QED) is 0.535. The minimum atomic E-state index is -4.19. The molecule has 0 aliphatic rings. The Morgan fingerprint density at radius 2 is 1.64 bits per heavy atom. The fraction of sp³-hybridized carbons (Fsp3) is 0.176. The average Bonchev–Trinajstić information content (AvgIpc) is 2.99. The van der Waals surface area contributed by atoms with E-state index in [-0.39, 0.29) is 5.75 Å². The van der Waals surface area contributed by atoms with Gasteiger partial charge in [0.15, 0.2) is 11.0 Å². The number of alkyl halides is 3. The van der Waals surface area contributed by atoms with Gasteiger partial charge in [0.05, 0.1) is 6.42 Å². The largest absolute Gasteiger partial charge is 0.389 e. The van der Waals surface area contributed by atoms with Crippen molar-refractivity contribution >= 4 is 23.4 Å². The summed E-state index contributed by atoms with van der Waals surface area (Å²) >= 11 is 6.95. The van der Waals surface area contributed by atoms with E-state index >= 15 is 0 Å². The van der Waals surface area contributed by atoms with Gasteiger partial charge in [0, 0.05) is 22.0 Å². The van der Waals surface area contributed by atoms with Gasteiger partial charge in [-0.25, -0.2) is 0 Å². The molecule has 1 aromatic heterocycles. The third kappa shape index (κ3) is 4.55. The van der Waals surface area contributed by atoms with Crippen molar-refractivity contribution < 1.29 is 13.2 Å². The lowest BCUT2D eigenvalue weighted by atomic mass is 10.2. The van der Waals surface area contributed by atoms with Crippen LogP contribution in [0, 0.1) is 0 Å². The lowest BCUT2D eigenvalue weighted by Gasteiger charge is -2.11. The zero-order valence-electron chi connectivity index (χ0n) is 12.9. The Labute approximate surface area is 151 Å². The highest BCUT2D eigenvalue weighted by atomic mass is 35.5. The summed E-state index contributed by atoms with van der Waals surface area (Å²) in [5.74, 6) is 0.437. The third-order valence-electron chi connectivity index (χ3n) is 3.37. The van der Waals surface area contributed by atoms with E-state index in [2.05, 4.69) is 10.2 Å². The van der Waals surface area contributed by atoms with Crippen molar-refractivity contribution in [1.82, 2.24) is 14.8 Å². The van der Waals surface area contributed by atoms with E-state index in [9.17, 15) is 13.2 Å². The summed E-state index contributed by atoms with van der Waals surface area (Å²) < 4.78 is 39.0. The van der Waals surface area contributed by atoms with Crippen LogP contribution in [-0.2, 0) is 0 Å². The van der Waals surface area contributed by atoms with Gasteiger partial charge in [0.25, 0.3) is 0 Å². The Bertz CT molecular complexity index is 833. The van der Waals surface area contributed by atoms with Crippen LogP contribution in [0.4, 0.5) is 13.2 Å². The Morgan fingerprint density at radius 1 is 0.960 bits per heavy atom. The Kier molecular flexibility index (Phi) is 5.34. The summed E-state index contributed by atoms with van der Waals surface area (Å²) in [6, 6.07) is 16.4. The monoisotopic (exact) mass is 383 g/mol. The number of nitrogens with zero attached hydrogens (tertiary/aromatic N) is 3. The van der Waals surface area contributed by atoms with Gasteiger partial charge in [-0.05, 0) is 36.4 Å². The summed E-state index contributed by atoms with van der Waals surface area (Å²) in [6.45, 7) is 0. The van der Waals surface area contributed by atoms with Crippen molar-refractivity contribution in [1.29, 1.82) is 0 Å². The molecule has 130 valence electrons. The second-order valence-corrected chi connectivity index (χ2v) is 6.70. The van der Waals surface area contributed by atoms with Crippen LogP contribution in [0.1, 0.15) is 6.42 Å². The number of benzene rings is 2. The molecule has 0 saturated heterocycles. The molecule has 0 atom stereocenters. The molecule has 0 unspecified atom stereocenters. The number of thioether (sulfide) groups is 1. The van der Waals surface area contributed by atoms with E-state index in [1.54, 1.807) is 28.8 Å². The number of halogens is 4. The summed E-state index contributed by atoms with van der Waals surface area (Å²) in [6.07, 6.45) is -5.07. The number of para-hydroxylation sites is 1. The number of aromatic nitrogens is 3. The fourth-order valence-electron chi connectivity index (χ4n) is 2.22.